The summed E-state index contributed by atoms with van der Waals surface area (Å²) in [6.45, 7) is 3.88. The molecule has 1 unspecified atom stereocenters. The van der Waals surface area contributed by atoms with Crippen molar-refractivity contribution in [3.8, 4) is 22.9 Å². The quantitative estimate of drug-likeness (QED) is 0.0976. The van der Waals surface area contributed by atoms with E-state index in [1.165, 1.54) is 30.0 Å². The normalized spacial score (nSPS) is 15.6. The third kappa shape index (κ3) is 6.01. The molecular weight excluding hydrogens is 663 g/mol. The highest BCUT2D eigenvalue weighted by Crippen LogP contribution is 2.41. The number of hydrogen-bond donors (Lipinski definition) is 1. The maximum Gasteiger partial charge on any atom is 0.335 e. The predicted molar refractivity (Wildman–Crippen MR) is 163 cm³/mol. The first kappa shape index (κ1) is 33.1. The van der Waals surface area contributed by atoms with Crippen molar-refractivity contribution in [2.75, 3.05) is 20.3 Å². The summed E-state index contributed by atoms with van der Waals surface area (Å²) in [5, 5.41) is 9.68. The van der Waals surface area contributed by atoms with E-state index in [9.17, 15) is 14.3 Å². The zero-order valence-electron chi connectivity index (χ0n) is 25.6. The van der Waals surface area contributed by atoms with Crippen LogP contribution in [-0.2, 0) is 17.8 Å². The van der Waals surface area contributed by atoms with Crippen LogP contribution in [0.4, 0.5) is 22.0 Å². The minimum absolute atomic E-state index is 0.0392. The minimum Gasteiger partial charge on any atom is -0.496 e. The molecular formula is C33H26ClF5N4O5. The number of benzene rings is 2. The van der Waals surface area contributed by atoms with Crippen molar-refractivity contribution in [2.45, 2.75) is 32.9 Å². The molecule has 0 saturated carbocycles. The number of imidazole rings is 1. The third-order valence-corrected chi connectivity index (χ3v) is 8.41. The molecule has 4 heterocycles. The second-order valence-corrected chi connectivity index (χ2v) is 12.2. The molecule has 3 aromatic heterocycles. The molecule has 1 aliphatic heterocycles. The number of rotatable bonds is 9. The summed E-state index contributed by atoms with van der Waals surface area (Å²) in [6.07, 6.45) is 0.723. The van der Waals surface area contributed by atoms with Crippen LogP contribution < -0.4 is 9.47 Å². The van der Waals surface area contributed by atoms with Crippen molar-refractivity contribution in [1.82, 2.24) is 19.5 Å². The Morgan fingerprint density at radius 1 is 1.06 bits per heavy atom. The van der Waals surface area contributed by atoms with Crippen LogP contribution in [0, 0.1) is 34.5 Å². The fourth-order valence-corrected chi connectivity index (χ4v) is 5.82. The second-order valence-electron chi connectivity index (χ2n) is 11.8. The van der Waals surface area contributed by atoms with Gasteiger partial charge in [0.15, 0.2) is 23.3 Å². The van der Waals surface area contributed by atoms with Gasteiger partial charge in [0.05, 0.1) is 43.1 Å². The van der Waals surface area contributed by atoms with Crippen LogP contribution in [-0.4, -0.2) is 50.9 Å². The number of nitrogens with zero attached hydrogens (tertiary/aromatic N) is 4. The number of pyridine rings is 2. The number of methoxy groups -OCH3 is 1. The van der Waals surface area contributed by atoms with Gasteiger partial charge in [0.25, 0.3) is 5.88 Å². The molecule has 15 heteroatoms. The van der Waals surface area contributed by atoms with Crippen molar-refractivity contribution in [1.29, 1.82) is 0 Å². The van der Waals surface area contributed by atoms with E-state index in [1.54, 1.807) is 0 Å². The number of aromatic carboxylic acids is 1. The van der Waals surface area contributed by atoms with Crippen molar-refractivity contribution < 1.29 is 46.1 Å². The van der Waals surface area contributed by atoms with Gasteiger partial charge in [-0.3, -0.25) is 0 Å². The van der Waals surface area contributed by atoms with Gasteiger partial charge in [0, 0.05) is 40.8 Å². The Morgan fingerprint density at radius 2 is 1.83 bits per heavy atom. The van der Waals surface area contributed by atoms with Crippen LogP contribution in [0.25, 0.3) is 22.3 Å². The SMILES string of the molecule is COc1cc(Cl)ncc1COc1nc(-c2cc(F)c(Cc3nc4c(F)cc(C(=O)O)cc4n3C3COCC3(C)C)c(F)c2F)ccc1F. The Balaban J connectivity index is 1.38. The molecule has 0 amide bonds. The molecule has 0 bridgehead atoms. The van der Waals surface area contributed by atoms with Gasteiger partial charge in [-0.15, -0.1) is 0 Å². The fourth-order valence-electron chi connectivity index (χ4n) is 5.68. The number of carboxylic acids is 1. The number of ether oxygens (including phenoxy) is 3. The van der Waals surface area contributed by atoms with Gasteiger partial charge in [0.2, 0.25) is 0 Å². The third-order valence-electron chi connectivity index (χ3n) is 8.21. The monoisotopic (exact) mass is 688 g/mol. The van der Waals surface area contributed by atoms with Gasteiger partial charge in [-0.2, -0.15) is 0 Å². The van der Waals surface area contributed by atoms with E-state index >= 15 is 17.6 Å². The highest BCUT2D eigenvalue weighted by atomic mass is 35.5. The summed E-state index contributed by atoms with van der Waals surface area (Å²) >= 11 is 5.87. The first-order valence-electron chi connectivity index (χ1n) is 14.4. The maximum absolute atomic E-state index is 15.7. The number of halogens is 6. The molecule has 0 radical (unpaired) electrons. The van der Waals surface area contributed by atoms with E-state index in [2.05, 4.69) is 15.0 Å². The lowest BCUT2D eigenvalue weighted by molar-refractivity contribution is 0.0696. The molecule has 6 rings (SSSR count). The molecule has 1 atom stereocenters. The molecule has 0 spiro atoms. The standard InChI is InChI=1S/C33H26ClF5N4O5/c1-33(2)14-47-13-25(33)43-23-7-15(32(44)45)6-21(37)30(23)42-27(43)9-17-20(36)8-18(29(39)28(17)38)22-5-4-19(35)31(41-22)48-12-16-11-40-26(34)10-24(16)46-3/h4-8,10-11,25H,9,12-14H2,1-3H3,(H,44,45). The zero-order valence-corrected chi connectivity index (χ0v) is 26.3. The average Bonchev–Trinajstić information content (AvgIpc) is 3.58. The summed E-state index contributed by atoms with van der Waals surface area (Å²) < 4.78 is 94.7. The molecule has 2 aromatic carbocycles. The van der Waals surface area contributed by atoms with E-state index in [4.69, 9.17) is 25.8 Å². The summed E-state index contributed by atoms with van der Waals surface area (Å²) in [4.78, 5) is 23.9. The van der Waals surface area contributed by atoms with Crippen LogP contribution in [0.15, 0.2) is 42.6 Å². The van der Waals surface area contributed by atoms with E-state index in [-0.39, 0.29) is 46.5 Å². The van der Waals surface area contributed by atoms with Crippen molar-refractivity contribution in [3.05, 3.63) is 99.3 Å². The molecule has 1 fully saturated rings. The average molecular weight is 689 g/mol. The highest BCUT2D eigenvalue weighted by molar-refractivity contribution is 6.29. The molecule has 48 heavy (non-hydrogen) atoms. The van der Waals surface area contributed by atoms with Crippen LogP contribution in [0.3, 0.4) is 0 Å². The van der Waals surface area contributed by atoms with Gasteiger partial charge in [-0.25, -0.2) is 41.7 Å². The van der Waals surface area contributed by atoms with Crippen molar-refractivity contribution in [2.24, 2.45) is 5.41 Å². The molecule has 9 nitrogen and oxygen atoms in total. The minimum atomic E-state index is -1.57. The molecule has 0 aliphatic carbocycles. The first-order chi connectivity index (χ1) is 22.8. The fraction of sp³-hybridized carbons (Fsp3) is 0.273. The van der Waals surface area contributed by atoms with Crippen LogP contribution >= 0.6 is 11.6 Å². The largest absolute Gasteiger partial charge is 0.496 e. The van der Waals surface area contributed by atoms with E-state index in [1.807, 2.05) is 13.8 Å². The first-order valence-corrected chi connectivity index (χ1v) is 14.8. The number of carboxylic acid groups (broad SMARTS) is 1. The molecule has 5 aromatic rings. The van der Waals surface area contributed by atoms with Gasteiger partial charge < -0.3 is 23.9 Å². The van der Waals surface area contributed by atoms with Crippen molar-refractivity contribution >= 4 is 28.6 Å². The Bertz CT molecular complexity index is 2090. The Hall–Kier alpha value is -4.82. The smallest absolute Gasteiger partial charge is 0.335 e. The Kier molecular flexibility index (Phi) is 8.73. The van der Waals surface area contributed by atoms with Gasteiger partial charge in [-0.1, -0.05) is 25.4 Å². The summed E-state index contributed by atoms with van der Waals surface area (Å²) in [5.74, 6) is -7.79. The van der Waals surface area contributed by atoms with Crippen LogP contribution in [0.1, 0.15) is 47.2 Å². The number of carbonyl (C=O) groups is 1. The number of hydrogen-bond acceptors (Lipinski definition) is 7. The lowest BCUT2D eigenvalue weighted by Crippen LogP contribution is -2.27. The summed E-state index contributed by atoms with van der Waals surface area (Å²) in [6, 6.07) is 5.57. The lowest BCUT2D eigenvalue weighted by atomic mass is 9.87. The van der Waals surface area contributed by atoms with E-state index in [0.717, 1.165) is 18.2 Å². The number of fused-ring (bicyclic) bond motifs is 1. The predicted octanol–water partition coefficient (Wildman–Crippen LogP) is 7.32. The van der Waals surface area contributed by atoms with Gasteiger partial charge in [-0.05, 0) is 30.3 Å². The molecule has 1 N–H and O–H groups in total. The number of aromatic nitrogens is 4. The Labute approximate surface area is 274 Å². The second kappa shape index (κ2) is 12.7. The van der Waals surface area contributed by atoms with Gasteiger partial charge >= 0.3 is 5.97 Å². The van der Waals surface area contributed by atoms with E-state index in [0.29, 0.717) is 24.0 Å². The molecule has 1 aliphatic rings. The lowest BCUT2D eigenvalue weighted by Gasteiger charge is -2.28. The molecule has 1 saturated heterocycles. The van der Waals surface area contributed by atoms with Crippen molar-refractivity contribution in [3.63, 3.8) is 0 Å². The highest BCUT2D eigenvalue weighted by Gasteiger charge is 2.40. The van der Waals surface area contributed by atoms with Crippen LogP contribution in [0.2, 0.25) is 5.15 Å². The maximum atomic E-state index is 15.7. The topological polar surface area (TPSA) is 109 Å². The van der Waals surface area contributed by atoms with Crippen LogP contribution in [0.5, 0.6) is 11.6 Å². The molecule has 250 valence electrons. The van der Waals surface area contributed by atoms with Gasteiger partial charge in [0.1, 0.15) is 34.7 Å². The van der Waals surface area contributed by atoms with E-state index < -0.39 is 69.9 Å². The zero-order chi connectivity index (χ0) is 34.5. The summed E-state index contributed by atoms with van der Waals surface area (Å²) in [7, 11) is 1.39. The summed E-state index contributed by atoms with van der Waals surface area (Å²) in [5.41, 5.74) is -2.31. The Morgan fingerprint density at radius 3 is 2.52 bits per heavy atom.